The summed E-state index contributed by atoms with van der Waals surface area (Å²) in [4.78, 5) is 10.8. The summed E-state index contributed by atoms with van der Waals surface area (Å²) in [6.07, 6.45) is -1.62. The molecule has 1 aliphatic carbocycles. The van der Waals surface area contributed by atoms with Gasteiger partial charge in [0.05, 0.1) is 5.52 Å². The molecule has 0 aliphatic heterocycles. The van der Waals surface area contributed by atoms with Crippen molar-refractivity contribution >= 4 is 48.6 Å². The molecule has 0 amide bonds. The van der Waals surface area contributed by atoms with Crippen LogP contribution in [0.25, 0.3) is 10.9 Å². The molecule has 3 aromatic rings. The Morgan fingerprint density at radius 2 is 1.69 bits per heavy atom. The molecule has 0 spiro atoms. The van der Waals surface area contributed by atoms with Gasteiger partial charge in [-0.3, -0.25) is 0 Å². The van der Waals surface area contributed by atoms with Crippen LogP contribution >= 0.6 is 15.9 Å². The van der Waals surface area contributed by atoms with Gasteiger partial charge in [-0.25, -0.2) is 17.7 Å². The summed E-state index contributed by atoms with van der Waals surface area (Å²) in [6, 6.07) is 11.4. The number of aromatic nitrogens is 2. The lowest BCUT2D eigenvalue weighted by Gasteiger charge is -2.31. The number of nitrogens with one attached hydrogen (secondary N) is 1. The van der Waals surface area contributed by atoms with Crippen molar-refractivity contribution in [2.24, 2.45) is 11.8 Å². The fourth-order valence-electron chi connectivity index (χ4n) is 4.86. The zero-order chi connectivity index (χ0) is 28.4. The highest BCUT2D eigenvalue weighted by atomic mass is 79.9. The van der Waals surface area contributed by atoms with Gasteiger partial charge in [-0.2, -0.15) is 4.98 Å². The first-order chi connectivity index (χ1) is 18.3. The van der Waals surface area contributed by atoms with Crippen LogP contribution in [0.3, 0.4) is 0 Å². The van der Waals surface area contributed by atoms with Gasteiger partial charge in [-0.15, -0.1) is 13.2 Å². The molecule has 1 heterocycles. The van der Waals surface area contributed by atoms with Gasteiger partial charge >= 0.3 is 6.36 Å². The number of ether oxygens (including phenoxy) is 1. The smallest absolute Gasteiger partial charge is 0.404 e. The molecule has 2 aromatic carbocycles. The second kappa shape index (κ2) is 11.8. The second-order valence-electron chi connectivity index (χ2n) is 9.97. The van der Waals surface area contributed by atoms with Crippen LogP contribution in [-0.2, 0) is 10.0 Å². The van der Waals surface area contributed by atoms with E-state index in [-0.39, 0.29) is 16.9 Å². The van der Waals surface area contributed by atoms with Gasteiger partial charge in [-0.05, 0) is 67.9 Å². The summed E-state index contributed by atoms with van der Waals surface area (Å²) >= 11 is 3.07. The van der Waals surface area contributed by atoms with Crippen molar-refractivity contribution in [3.63, 3.8) is 0 Å². The zero-order valence-electron chi connectivity index (χ0n) is 21.9. The lowest BCUT2D eigenvalue weighted by atomic mass is 9.82. The first-order valence-electron chi connectivity index (χ1n) is 12.5. The molecular weight excluding hydrogens is 599 g/mol. The van der Waals surface area contributed by atoms with Crippen molar-refractivity contribution in [2.75, 3.05) is 44.4 Å². The molecule has 8 nitrogen and oxygen atoms in total. The molecule has 0 radical (unpaired) electrons. The van der Waals surface area contributed by atoms with Crippen LogP contribution in [0, 0.1) is 11.8 Å². The first-order valence-corrected chi connectivity index (χ1v) is 14.8. The monoisotopic (exact) mass is 629 g/mol. The fraction of sp³-hybridized carbons (Fsp3) is 0.462. The minimum Gasteiger partial charge on any atom is -0.404 e. The molecule has 4 rings (SSSR count). The SMILES string of the molecule is CN(C)c1nc(NC[C@H]2CC[C@H](CN(C)S(=O)(=O)c3ccc(Br)cc3OC(F)(F)F)CC2)nc2ccccc12. The molecule has 1 saturated carbocycles. The molecule has 0 atom stereocenters. The molecule has 212 valence electrons. The number of fused-ring (bicyclic) bond motifs is 1. The topological polar surface area (TPSA) is 87.7 Å². The summed E-state index contributed by atoms with van der Waals surface area (Å²) in [6.45, 7) is 0.910. The number of nitrogens with zero attached hydrogens (tertiary/aromatic N) is 4. The van der Waals surface area contributed by atoms with E-state index in [1.807, 2.05) is 43.3 Å². The summed E-state index contributed by atoms with van der Waals surface area (Å²) in [7, 11) is 1.08. The maximum Gasteiger partial charge on any atom is 0.573 e. The highest BCUT2D eigenvalue weighted by molar-refractivity contribution is 9.10. The van der Waals surface area contributed by atoms with E-state index in [1.54, 1.807) is 0 Å². The Labute approximate surface area is 234 Å². The van der Waals surface area contributed by atoms with E-state index in [9.17, 15) is 21.6 Å². The highest BCUT2D eigenvalue weighted by Crippen LogP contribution is 2.35. The molecule has 13 heteroatoms. The lowest BCUT2D eigenvalue weighted by Crippen LogP contribution is -2.34. The fourth-order valence-corrected chi connectivity index (χ4v) is 6.54. The molecule has 0 bridgehead atoms. The third kappa shape index (κ3) is 7.31. The number of para-hydroxylation sites is 1. The first kappa shape index (κ1) is 29.3. The predicted molar refractivity (Wildman–Crippen MR) is 148 cm³/mol. The predicted octanol–water partition coefficient (Wildman–Crippen LogP) is 5.90. The maximum atomic E-state index is 13.2. The minimum atomic E-state index is -5.01. The standard InChI is InChI=1S/C26H31BrF3N5O3S/c1-34(2)24-20-6-4-5-7-21(20)32-25(33-24)31-15-17-8-10-18(11-9-17)16-35(3)39(36,37)23-13-12-19(27)14-22(23)38-26(28,29)30/h4-7,12-14,17-18H,8-11,15-16H2,1-3H3,(H,31,32,33)/t17-,18-. The lowest BCUT2D eigenvalue weighted by molar-refractivity contribution is -0.275. The second-order valence-corrected chi connectivity index (χ2v) is 12.9. The average Bonchev–Trinajstić information content (AvgIpc) is 2.86. The van der Waals surface area contributed by atoms with Crippen molar-refractivity contribution in [3.8, 4) is 5.75 Å². The van der Waals surface area contributed by atoms with Crippen LogP contribution < -0.4 is 15.0 Å². The average molecular weight is 631 g/mol. The molecule has 0 unspecified atom stereocenters. The Morgan fingerprint density at radius 3 is 2.36 bits per heavy atom. The molecule has 0 saturated heterocycles. The largest absolute Gasteiger partial charge is 0.573 e. The van der Waals surface area contributed by atoms with Gasteiger partial charge < -0.3 is 15.0 Å². The Morgan fingerprint density at radius 1 is 1.03 bits per heavy atom. The van der Waals surface area contributed by atoms with Crippen LogP contribution in [0.15, 0.2) is 51.8 Å². The highest BCUT2D eigenvalue weighted by Gasteiger charge is 2.36. The molecule has 1 aromatic heterocycles. The zero-order valence-corrected chi connectivity index (χ0v) is 24.3. The van der Waals surface area contributed by atoms with Gasteiger partial charge in [0, 0.05) is 44.1 Å². The normalized spacial score (nSPS) is 18.4. The molecule has 39 heavy (non-hydrogen) atoms. The number of anilines is 2. The Bertz CT molecular complexity index is 1410. The summed E-state index contributed by atoms with van der Waals surface area (Å²) in [5, 5.41) is 4.35. The van der Waals surface area contributed by atoms with Gasteiger partial charge in [0.25, 0.3) is 0 Å². The number of hydrogen-bond acceptors (Lipinski definition) is 7. The Balaban J connectivity index is 1.35. The van der Waals surface area contributed by atoms with Crippen molar-refractivity contribution in [3.05, 3.63) is 46.9 Å². The van der Waals surface area contributed by atoms with Crippen molar-refractivity contribution in [1.82, 2.24) is 14.3 Å². The van der Waals surface area contributed by atoms with E-state index in [4.69, 9.17) is 0 Å². The van der Waals surface area contributed by atoms with Crippen molar-refractivity contribution < 1.29 is 26.3 Å². The van der Waals surface area contributed by atoms with Gasteiger partial charge in [0.15, 0.2) is 5.75 Å². The summed E-state index contributed by atoms with van der Waals surface area (Å²) in [5.74, 6) is 1.12. The maximum absolute atomic E-state index is 13.2. The molecular formula is C26H31BrF3N5O3S. The van der Waals surface area contributed by atoms with Crippen LogP contribution in [-0.4, -0.2) is 63.3 Å². The van der Waals surface area contributed by atoms with E-state index >= 15 is 0 Å². The number of alkyl halides is 3. The molecule has 1 aliphatic rings. The number of benzene rings is 2. The number of sulfonamides is 1. The summed E-state index contributed by atoms with van der Waals surface area (Å²) in [5.41, 5.74) is 0.862. The quantitative estimate of drug-likeness (QED) is 0.315. The van der Waals surface area contributed by atoms with Gasteiger partial charge in [0.1, 0.15) is 10.7 Å². The number of hydrogen-bond donors (Lipinski definition) is 1. The molecule has 1 fully saturated rings. The van der Waals surface area contributed by atoms with Crippen molar-refractivity contribution in [2.45, 2.75) is 36.9 Å². The van der Waals surface area contributed by atoms with Crippen LogP contribution in [0.5, 0.6) is 5.75 Å². The van der Waals surface area contributed by atoms with E-state index in [1.165, 1.54) is 13.1 Å². The van der Waals surface area contributed by atoms with Crippen LogP contribution in [0.4, 0.5) is 24.9 Å². The Kier molecular flexibility index (Phi) is 8.91. The van der Waals surface area contributed by atoms with E-state index in [0.717, 1.165) is 58.8 Å². The Hall–Kier alpha value is -2.64. The number of rotatable bonds is 9. The third-order valence-electron chi connectivity index (χ3n) is 6.86. The van der Waals surface area contributed by atoms with E-state index in [2.05, 4.69) is 36.0 Å². The molecule has 1 N–H and O–H groups in total. The van der Waals surface area contributed by atoms with E-state index < -0.39 is 27.0 Å². The van der Waals surface area contributed by atoms with Crippen LogP contribution in [0.2, 0.25) is 0 Å². The van der Waals surface area contributed by atoms with Gasteiger partial charge in [-0.1, -0.05) is 28.1 Å². The van der Waals surface area contributed by atoms with Crippen LogP contribution in [0.1, 0.15) is 25.7 Å². The van der Waals surface area contributed by atoms with Gasteiger partial charge in [0.2, 0.25) is 16.0 Å². The third-order valence-corrected chi connectivity index (χ3v) is 9.21. The van der Waals surface area contributed by atoms with Crippen molar-refractivity contribution in [1.29, 1.82) is 0 Å². The van der Waals surface area contributed by atoms with E-state index in [0.29, 0.717) is 18.4 Å². The summed E-state index contributed by atoms with van der Waals surface area (Å²) < 4.78 is 70.4. The number of halogens is 4. The minimum absolute atomic E-state index is 0.0979.